The third-order valence-corrected chi connectivity index (χ3v) is 14.1. The van der Waals surface area contributed by atoms with Gasteiger partial charge in [0.05, 0.1) is 0 Å². The topological polar surface area (TPSA) is 78.9 Å². The van der Waals surface area contributed by atoms with Crippen LogP contribution in [-0.4, -0.2) is 37.2 Å². The van der Waals surface area contributed by atoms with Crippen LogP contribution in [0.3, 0.4) is 0 Å². The molecule has 0 fully saturated rings. The average molecular weight is 1010 g/mol. The van der Waals surface area contributed by atoms with Crippen molar-refractivity contribution in [2.24, 2.45) is 0 Å². The molecule has 0 aromatic carbocycles. The maximum atomic E-state index is 12.9. The lowest BCUT2D eigenvalue weighted by atomic mass is 10.0. The van der Waals surface area contributed by atoms with Crippen molar-refractivity contribution >= 4 is 17.9 Å². The van der Waals surface area contributed by atoms with Crippen LogP contribution in [0.15, 0.2) is 48.6 Å². The van der Waals surface area contributed by atoms with Gasteiger partial charge >= 0.3 is 17.9 Å². The molecule has 420 valence electrons. The maximum absolute atomic E-state index is 12.9. The Balaban J connectivity index is 4.32. The van der Waals surface area contributed by atoms with Crippen molar-refractivity contribution in [3.63, 3.8) is 0 Å². The second-order valence-electron chi connectivity index (χ2n) is 21.3. The van der Waals surface area contributed by atoms with Crippen molar-refractivity contribution in [3.8, 4) is 0 Å². The second kappa shape index (κ2) is 60.9. The largest absolute Gasteiger partial charge is 0.462 e. The van der Waals surface area contributed by atoms with Crippen LogP contribution >= 0.6 is 0 Å². The van der Waals surface area contributed by atoms with Crippen LogP contribution in [0.4, 0.5) is 0 Å². The van der Waals surface area contributed by atoms with Gasteiger partial charge in [0, 0.05) is 19.3 Å². The summed E-state index contributed by atoms with van der Waals surface area (Å²) in [6.07, 6.45) is 75.4. The molecule has 0 aliphatic rings. The van der Waals surface area contributed by atoms with Gasteiger partial charge in [0.25, 0.3) is 0 Å². The number of carbonyl (C=O) groups is 3. The van der Waals surface area contributed by atoms with Crippen LogP contribution < -0.4 is 0 Å². The molecule has 0 saturated carbocycles. The van der Waals surface area contributed by atoms with Crippen molar-refractivity contribution < 1.29 is 28.6 Å². The molecular formula is C66H120O6. The van der Waals surface area contributed by atoms with Gasteiger partial charge < -0.3 is 14.2 Å². The summed E-state index contributed by atoms with van der Waals surface area (Å²) in [7, 11) is 0. The zero-order chi connectivity index (χ0) is 52.2. The first kappa shape index (κ1) is 69.4. The molecule has 1 atom stereocenters. The van der Waals surface area contributed by atoms with E-state index >= 15 is 0 Å². The Bertz CT molecular complexity index is 1250. The third-order valence-electron chi connectivity index (χ3n) is 14.1. The highest BCUT2D eigenvalue weighted by molar-refractivity contribution is 5.71. The van der Waals surface area contributed by atoms with Gasteiger partial charge in [-0.2, -0.15) is 0 Å². The molecule has 0 radical (unpaired) electrons. The van der Waals surface area contributed by atoms with Crippen molar-refractivity contribution in [1.29, 1.82) is 0 Å². The van der Waals surface area contributed by atoms with E-state index in [2.05, 4.69) is 69.4 Å². The van der Waals surface area contributed by atoms with Crippen molar-refractivity contribution in [1.82, 2.24) is 0 Å². The molecule has 0 aromatic rings. The molecule has 0 saturated heterocycles. The van der Waals surface area contributed by atoms with Gasteiger partial charge in [-0.05, 0) is 77.0 Å². The number of ether oxygens (including phenoxy) is 3. The Labute approximate surface area is 448 Å². The molecular weight excluding hydrogens is 889 g/mol. The lowest BCUT2D eigenvalue weighted by Crippen LogP contribution is -2.30. The molecule has 0 aliphatic carbocycles. The second-order valence-corrected chi connectivity index (χ2v) is 21.3. The minimum absolute atomic E-state index is 0.0759. The fourth-order valence-electron chi connectivity index (χ4n) is 9.26. The SMILES string of the molecule is CCCC/C=C\C/C=C\CCCCCCCC(=O)OCC(COC(=O)CCCCCCCCCCCCCCCCCCCCCCC)OC(=O)CCCCCCCCCCC/C=C\C/C=C\CCCCC. The summed E-state index contributed by atoms with van der Waals surface area (Å²) in [5, 5.41) is 0. The molecule has 1 unspecified atom stereocenters. The number of rotatable bonds is 58. The molecule has 0 aliphatic heterocycles. The maximum Gasteiger partial charge on any atom is 0.306 e. The molecule has 0 N–H and O–H groups in total. The predicted octanol–water partition coefficient (Wildman–Crippen LogP) is 21.4. The van der Waals surface area contributed by atoms with Gasteiger partial charge in [-0.15, -0.1) is 0 Å². The summed E-state index contributed by atoms with van der Waals surface area (Å²) in [5.74, 6) is -0.875. The zero-order valence-corrected chi connectivity index (χ0v) is 48.2. The Kier molecular flexibility index (Phi) is 58.7. The van der Waals surface area contributed by atoms with E-state index in [1.165, 1.54) is 212 Å². The Morgan fingerprint density at radius 3 is 0.833 bits per heavy atom. The van der Waals surface area contributed by atoms with Gasteiger partial charge in [-0.1, -0.05) is 288 Å². The van der Waals surface area contributed by atoms with Crippen molar-refractivity contribution in [2.45, 2.75) is 341 Å². The summed E-state index contributed by atoms with van der Waals surface area (Å²) >= 11 is 0. The van der Waals surface area contributed by atoms with E-state index in [1.807, 2.05) is 0 Å². The first-order valence-corrected chi connectivity index (χ1v) is 31.6. The van der Waals surface area contributed by atoms with Crippen LogP contribution in [0.25, 0.3) is 0 Å². The lowest BCUT2D eigenvalue weighted by Gasteiger charge is -2.18. The molecule has 0 spiro atoms. The summed E-state index contributed by atoms with van der Waals surface area (Å²) in [6, 6.07) is 0. The van der Waals surface area contributed by atoms with E-state index < -0.39 is 6.10 Å². The Hall–Kier alpha value is -2.63. The van der Waals surface area contributed by atoms with E-state index in [0.29, 0.717) is 19.3 Å². The monoisotopic (exact) mass is 1010 g/mol. The minimum Gasteiger partial charge on any atom is -0.462 e. The number of hydrogen-bond donors (Lipinski definition) is 0. The summed E-state index contributed by atoms with van der Waals surface area (Å²) < 4.78 is 16.9. The van der Waals surface area contributed by atoms with Crippen molar-refractivity contribution in [2.75, 3.05) is 13.2 Å². The fraction of sp³-hybridized carbons (Fsp3) is 0.833. The van der Waals surface area contributed by atoms with Gasteiger partial charge in [-0.3, -0.25) is 14.4 Å². The van der Waals surface area contributed by atoms with E-state index in [4.69, 9.17) is 14.2 Å². The Morgan fingerprint density at radius 2 is 0.514 bits per heavy atom. The van der Waals surface area contributed by atoms with E-state index in [1.54, 1.807) is 0 Å². The predicted molar refractivity (Wildman–Crippen MR) is 312 cm³/mol. The molecule has 6 nitrogen and oxygen atoms in total. The standard InChI is InChI=1S/C66H120O6/c1-4-7-10-13-16-19-22-25-28-30-32-33-35-36-38-41-44-47-50-53-56-59-65(68)71-62-63(61-70-64(67)58-55-52-49-46-43-40-27-24-21-18-15-12-9-6-3)72-66(69)60-57-54-51-48-45-42-39-37-34-31-29-26-23-20-17-14-11-8-5-2/h15,17-18,20,24,26-27,29,63H,4-14,16,19,21-23,25,28,30-62H2,1-3H3/b18-15-,20-17-,27-24-,29-26-. The normalized spacial score (nSPS) is 12.3. The molecule has 0 heterocycles. The molecule has 0 amide bonds. The molecule has 72 heavy (non-hydrogen) atoms. The molecule has 0 aromatic heterocycles. The molecule has 0 bridgehead atoms. The van der Waals surface area contributed by atoms with E-state index in [0.717, 1.165) is 83.5 Å². The average Bonchev–Trinajstić information content (AvgIpc) is 3.38. The quantitative estimate of drug-likeness (QED) is 0.0261. The van der Waals surface area contributed by atoms with E-state index in [9.17, 15) is 14.4 Å². The van der Waals surface area contributed by atoms with Gasteiger partial charge in [0.15, 0.2) is 6.10 Å². The van der Waals surface area contributed by atoms with Crippen molar-refractivity contribution in [3.05, 3.63) is 48.6 Å². The highest BCUT2D eigenvalue weighted by Crippen LogP contribution is 2.17. The summed E-state index contributed by atoms with van der Waals surface area (Å²) in [6.45, 7) is 6.61. The highest BCUT2D eigenvalue weighted by atomic mass is 16.6. The number of allylic oxidation sites excluding steroid dienone is 8. The molecule has 6 heteroatoms. The van der Waals surface area contributed by atoms with E-state index in [-0.39, 0.29) is 31.1 Å². The van der Waals surface area contributed by atoms with Gasteiger partial charge in [-0.25, -0.2) is 0 Å². The summed E-state index contributed by atoms with van der Waals surface area (Å²) in [4.78, 5) is 38.3. The number of unbranched alkanes of at least 4 members (excludes halogenated alkanes) is 39. The Morgan fingerprint density at radius 1 is 0.278 bits per heavy atom. The molecule has 0 rings (SSSR count). The number of esters is 3. The van der Waals surface area contributed by atoms with Gasteiger partial charge in [0.1, 0.15) is 13.2 Å². The first-order valence-electron chi connectivity index (χ1n) is 31.6. The van der Waals surface area contributed by atoms with Crippen LogP contribution in [0.1, 0.15) is 335 Å². The lowest BCUT2D eigenvalue weighted by molar-refractivity contribution is -0.167. The third kappa shape index (κ3) is 58.3. The minimum atomic E-state index is -0.780. The van der Waals surface area contributed by atoms with Gasteiger partial charge in [0.2, 0.25) is 0 Å². The fourth-order valence-corrected chi connectivity index (χ4v) is 9.26. The first-order chi connectivity index (χ1) is 35.5. The highest BCUT2D eigenvalue weighted by Gasteiger charge is 2.19. The van der Waals surface area contributed by atoms with Crippen LogP contribution in [0.2, 0.25) is 0 Å². The van der Waals surface area contributed by atoms with Crippen LogP contribution in [0.5, 0.6) is 0 Å². The summed E-state index contributed by atoms with van der Waals surface area (Å²) in [5.41, 5.74) is 0. The van der Waals surface area contributed by atoms with Crippen LogP contribution in [-0.2, 0) is 28.6 Å². The zero-order valence-electron chi connectivity index (χ0n) is 48.2. The van der Waals surface area contributed by atoms with Crippen LogP contribution in [0, 0.1) is 0 Å². The smallest absolute Gasteiger partial charge is 0.306 e. The number of hydrogen-bond acceptors (Lipinski definition) is 6. The number of carbonyl (C=O) groups excluding carboxylic acids is 3.